The minimum atomic E-state index is -0.636. The zero-order valence-electron chi connectivity index (χ0n) is 21.4. The van der Waals surface area contributed by atoms with Crippen LogP contribution in [0.15, 0.2) is 53.5 Å². The van der Waals surface area contributed by atoms with Gasteiger partial charge in [-0.2, -0.15) is 15.5 Å². The normalized spacial score (nSPS) is 11.8. The number of carbonyl (C=O) groups is 1. The third kappa shape index (κ3) is 5.76. The maximum atomic E-state index is 12.4. The van der Waals surface area contributed by atoms with Gasteiger partial charge in [0.2, 0.25) is 0 Å². The number of benzene rings is 2. The van der Waals surface area contributed by atoms with Crippen molar-refractivity contribution in [3.8, 4) is 17.2 Å². The van der Waals surface area contributed by atoms with E-state index in [0.717, 1.165) is 27.9 Å². The molecule has 9 heteroatoms. The first-order valence-corrected chi connectivity index (χ1v) is 11.7. The summed E-state index contributed by atoms with van der Waals surface area (Å²) in [5.74, 6) is 0. The lowest BCUT2D eigenvalue weighted by Crippen LogP contribution is -2.32. The van der Waals surface area contributed by atoms with Crippen LogP contribution in [-0.4, -0.2) is 31.7 Å². The summed E-state index contributed by atoms with van der Waals surface area (Å²) in [7, 11) is 1.81. The summed E-state index contributed by atoms with van der Waals surface area (Å²) < 4.78 is 7.00. The van der Waals surface area contributed by atoms with Crippen LogP contribution < -0.4 is 10.9 Å². The maximum absolute atomic E-state index is 12.4. The van der Waals surface area contributed by atoms with Gasteiger partial charge in [0.25, 0.3) is 5.56 Å². The molecule has 0 radical (unpaired) electrons. The van der Waals surface area contributed by atoms with Crippen LogP contribution >= 0.6 is 0 Å². The number of H-pyrrole nitrogens is 1. The van der Waals surface area contributed by atoms with Crippen LogP contribution in [0.1, 0.15) is 43.3 Å². The third-order valence-corrected chi connectivity index (χ3v) is 5.73. The summed E-state index contributed by atoms with van der Waals surface area (Å²) >= 11 is 0. The Bertz CT molecular complexity index is 1600. The summed E-state index contributed by atoms with van der Waals surface area (Å²) in [4.78, 5) is 24.6. The van der Waals surface area contributed by atoms with Gasteiger partial charge in [0.15, 0.2) is 0 Å². The van der Waals surface area contributed by atoms with E-state index in [1.54, 1.807) is 43.8 Å². The summed E-state index contributed by atoms with van der Waals surface area (Å²) in [6.07, 6.45) is 2.94. The highest BCUT2D eigenvalue weighted by Crippen LogP contribution is 2.30. The van der Waals surface area contributed by atoms with Gasteiger partial charge in [-0.25, -0.2) is 9.89 Å². The fraction of sp³-hybridized carbons (Fsp3) is 0.250. The number of nitrogens with zero attached hydrogens (tertiary/aromatic N) is 4. The molecule has 0 bridgehead atoms. The predicted molar refractivity (Wildman–Crippen MR) is 142 cm³/mol. The number of hydrogen-bond acceptors (Lipinski definition) is 6. The van der Waals surface area contributed by atoms with Crippen LogP contribution in [0, 0.1) is 18.3 Å². The number of fused-ring (bicyclic) bond motifs is 1. The van der Waals surface area contributed by atoms with Gasteiger partial charge in [-0.3, -0.25) is 9.48 Å². The molecule has 0 aliphatic rings. The first-order valence-electron chi connectivity index (χ1n) is 11.7. The Balaban J connectivity index is 1.74. The van der Waals surface area contributed by atoms with Crippen molar-refractivity contribution in [1.82, 2.24) is 25.3 Å². The highest BCUT2D eigenvalue weighted by molar-refractivity contribution is 5.94. The number of ether oxygens (including phenoxy) is 1. The lowest BCUT2D eigenvalue weighted by Gasteiger charge is -2.19. The number of aromatic amines is 1. The van der Waals surface area contributed by atoms with Gasteiger partial charge < -0.3 is 10.1 Å². The van der Waals surface area contributed by atoms with Crippen LogP contribution in [0.4, 0.5) is 4.79 Å². The second kappa shape index (κ2) is 10.1. The third-order valence-electron chi connectivity index (χ3n) is 5.73. The van der Waals surface area contributed by atoms with Gasteiger partial charge in [0.05, 0.1) is 41.2 Å². The molecule has 37 heavy (non-hydrogen) atoms. The number of aryl methyl sites for hydroxylation is 2. The minimum absolute atomic E-state index is 0.0669. The fourth-order valence-corrected chi connectivity index (χ4v) is 3.88. The Labute approximate surface area is 214 Å². The van der Waals surface area contributed by atoms with Crippen molar-refractivity contribution in [2.75, 3.05) is 0 Å². The Morgan fingerprint density at radius 2 is 1.92 bits per heavy atom. The van der Waals surface area contributed by atoms with E-state index in [9.17, 15) is 14.9 Å². The molecule has 0 aliphatic carbocycles. The fourth-order valence-electron chi connectivity index (χ4n) is 3.88. The highest BCUT2D eigenvalue weighted by atomic mass is 16.6. The lowest BCUT2D eigenvalue weighted by atomic mass is 9.99. The molecule has 0 saturated heterocycles. The first kappa shape index (κ1) is 25.4. The Hall–Kier alpha value is -4.71. The van der Waals surface area contributed by atoms with E-state index in [1.807, 2.05) is 50.4 Å². The molecule has 1 amide bonds. The van der Waals surface area contributed by atoms with E-state index < -0.39 is 11.7 Å². The quantitative estimate of drug-likeness (QED) is 0.385. The van der Waals surface area contributed by atoms with Crippen LogP contribution in [-0.2, 0) is 18.3 Å². The molecule has 2 aromatic carbocycles. The van der Waals surface area contributed by atoms with Crippen molar-refractivity contribution in [3.63, 3.8) is 0 Å². The van der Waals surface area contributed by atoms with Crippen molar-refractivity contribution >= 4 is 28.5 Å². The molecule has 4 rings (SSSR count). The molecule has 0 spiro atoms. The number of nitriles is 1. The SMILES string of the molecule is Cc1ccc(/C(C#N)=C/c2c(-c3ccc4c(=O)[nH]nc(CNC(=O)OC(C)(C)C)c4c3)cnn2C)cc1. The predicted octanol–water partition coefficient (Wildman–Crippen LogP) is 4.72. The van der Waals surface area contributed by atoms with E-state index in [-0.39, 0.29) is 12.1 Å². The Kier molecular flexibility index (Phi) is 6.94. The molecular formula is C28H28N6O3. The van der Waals surface area contributed by atoms with E-state index >= 15 is 0 Å². The number of amides is 1. The molecule has 188 valence electrons. The van der Waals surface area contributed by atoms with Crippen LogP contribution in [0.25, 0.3) is 33.5 Å². The maximum Gasteiger partial charge on any atom is 0.407 e. The second-order valence-electron chi connectivity index (χ2n) is 9.72. The van der Waals surface area contributed by atoms with Crippen LogP contribution in [0.2, 0.25) is 0 Å². The van der Waals surface area contributed by atoms with Crippen LogP contribution in [0.5, 0.6) is 0 Å². The largest absolute Gasteiger partial charge is 0.444 e. The van der Waals surface area contributed by atoms with Gasteiger partial charge in [0, 0.05) is 18.0 Å². The second-order valence-corrected chi connectivity index (χ2v) is 9.72. The Morgan fingerprint density at radius 1 is 1.19 bits per heavy atom. The summed E-state index contributed by atoms with van der Waals surface area (Å²) in [6.45, 7) is 7.40. The van der Waals surface area contributed by atoms with Gasteiger partial charge in [-0.05, 0) is 57.0 Å². The summed E-state index contributed by atoms with van der Waals surface area (Å²) in [5, 5.41) is 24.6. The molecule has 9 nitrogen and oxygen atoms in total. The van der Waals surface area contributed by atoms with Gasteiger partial charge in [-0.1, -0.05) is 35.9 Å². The van der Waals surface area contributed by atoms with Gasteiger partial charge >= 0.3 is 6.09 Å². The van der Waals surface area contributed by atoms with E-state index in [4.69, 9.17) is 4.74 Å². The minimum Gasteiger partial charge on any atom is -0.444 e. The number of alkyl carbamates (subject to hydrolysis) is 1. The topological polar surface area (TPSA) is 126 Å². The zero-order valence-corrected chi connectivity index (χ0v) is 21.4. The molecule has 0 fully saturated rings. The van der Waals surface area contributed by atoms with Crippen molar-refractivity contribution in [3.05, 3.63) is 81.5 Å². The average Bonchev–Trinajstić information content (AvgIpc) is 3.21. The summed E-state index contributed by atoms with van der Waals surface area (Å²) in [6, 6.07) is 15.4. The van der Waals surface area contributed by atoms with Crippen molar-refractivity contribution < 1.29 is 9.53 Å². The van der Waals surface area contributed by atoms with Crippen molar-refractivity contribution in [2.45, 2.75) is 39.8 Å². The van der Waals surface area contributed by atoms with E-state index in [2.05, 4.69) is 26.7 Å². The molecule has 2 N–H and O–H groups in total. The van der Waals surface area contributed by atoms with Gasteiger partial charge in [-0.15, -0.1) is 0 Å². The standard InChI is InChI=1S/C28H28N6O3/c1-17-6-8-18(9-7-17)20(14-29)13-25-23(15-31-34(25)5)19-10-11-21-22(12-19)24(32-33-26(21)35)16-30-27(36)37-28(2,3)4/h6-13,15H,16H2,1-5H3,(H,30,36)(H,33,35)/b20-13+. The van der Waals surface area contributed by atoms with Crippen molar-refractivity contribution in [2.24, 2.45) is 7.05 Å². The lowest BCUT2D eigenvalue weighted by molar-refractivity contribution is 0.0523. The van der Waals surface area contributed by atoms with Gasteiger partial charge in [0.1, 0.15) is 5.60 Å². The monoisotopic (exact) mass is 496 g/mol. The number of rotatable bonds is 5. The molecule has 0 aliphatic heterocycles. The molecular weight excluding hydrogens is 468 g/mol. The molecule has 2 aromatic heterocycles. The van der Waals surface area contributed by atoms with E-state index in [0.29, 0.717) is 22.0 Å². The molecule has 0 unspecified atom stereocenters. The molecule has 4 aromatic rings. The smallest absolute Gasteiger partial charge is 0.407 e. The summed E-state index contributed by atoms with van der Waals surface area (Å²) in [5.41, 5.74) is 4.26. The number of hydrogen-bond donors (Lipinski definition) is 2. The number of nitrogens with one attached hydrogen (secondary N) is 2. The Morgan fingerprint density at radius 3 is 2.59 bits per heavy atom. The first-order chi connectivity index (χ1) is 17.6. The zero-order chi connectivity index (χ0) is 26.7. The number of carbonyl (C=O) groups excluding carboxylic acids is 1. The average molecular weight is 497 g/mol. The highest BCUT2D eigenvalue weighted by Gasteiger charge is 2.18. The number of allylic oxidation sites excluding steroid dienone is 1. The molecule has 2 heterocycles. The van der Waals surface area contributed by atoms with Crippen LogP contribution in [0.3, 0.4) is 0 Å². The molecule has 0 saturated carbocycles. The van der Waals surface area contributed by atoms with Crippen molar-refractivity contribution in [1.29, 1.82) is 5.26 Å². The number of aromatic nitrogens is 4. The molecule has 0 atom stereocenters. The van der Waals surface area contributed by atoms with E-state index in [1.165, 1.54) is 0 Å².